The number of carboxylic acid groups (broad SMARTS) is 1. The first-order valence-corrected chi connectivity index (χ1v) is 6.74. The van der Waals surface area contributed by atoms with Gasteiger partial charge in [0.1, 0.15) is 0 Å². The van der Waals surface area contributed by atoms with Crippen LogP contribution in [-0.4, -0.2) is 34.1 Å². The van der Waals surface area contributed by atoms with E-state index in [9.17, 15) is 4.79 Å². The number of fused-ring (bicyclic) bond motifs is 1. The normalized spacial score (nSPS) is 12.3. The van der Waals surface area contributed by atoms with E-state index in [4.69, 9.17) is 5.11 Å². The predicted octanol–water partition coefficient (Wildman–Crippen LogP) is 2.49. The number of aryl methyl sites for hydroxylation is 1. The van der Waals surface area contributed by atoms with Gasteiger partial charge < -0.3 is 10.0 Å². The average molecular weight is 273 g/mol. The summed E-state index contributed by atoms with van der Waals surface area (Å²) in [7, 11) is 0. The van der Waals surface area contributed by atoms with Gasteiger partial charge in [0.2, 0.25) is 0 Å². The highest BCUT2D eigenvalue weighted by Crippen LogP contribution is 2.20. The summed E-state index contributed by atoms with van der Waals surface area (Å²) in [6.07, 6.45) is 0. The van der Waals surface area contributed by atoms with Crippen LogP contribution in [0.25, 0.3) is 11.0 Å². The van der Waals surface area contributed by atoms with Gasteiger partial charge in [0, 0.05) is 13.1 Å². The van der Waals surface area contributed by atoms with Gasteiger partial charge in [-0.05, 0) is 26.0 Å². The molecule has 0 fully saturated rings. The molecule has 0 saturated heterocycles. The second-order valence-corrected chi connectivity index (χ2v) is 4.90. The molecule has 0 aliphatic carbocycles. The quantitative estimate of drug-likeness (QED) is 0.906. The summed E-state index contributed by atoms with van der Waals surface area (Å²) in [6.45, 7) is 6.73. The summed E-state index contributed by atoms with van der Waals surface area (Å²) in [6, 6.07) is 7.70. The van der Waals surface area contributed by atoms with Crippen molar-refractivity contribution in [2.24, 2.45) is 5.92 Å². The molecule has 0 aliphatic rings. The Kier molecular flexibility index (Phi) is 4.17. The van der Waals surface area contributed by atoms with Crippen LogP contribution < -0.4 is 4.90 Å². The third kappa shape index (κ3) is 2.87. The van der Waals surface area contributed by atoms with Gasteiger partial charge in [-0.25, -0.2) is 9.97 Å². The van der Waals surface area contributed by atoms with E-state index in [1.165, 1.54) is 0 Å². The monoisotopic (exact) mass is 273 g/mol. The van der Waals surface area contributed by atoms with Crippen LogP contribution in [0.3, 0.4) is 0 Å². The molecule has 1 unspecified atom stereocenters. The van der Waals surface area contributed by atoms with E-state index in [0.717, 1.165) is 22.5 Å². The number of benzene rings is 1. The lowest BCUT2D eigenvalue weighted by molar-refractivity contribution is -0.140. The Bertz CT molecular complexity index is 628. The van der Waals surface area contributed by atoms with Crippen molar-refractivity contribution in [2.45, 2.75) is 20.8 Å². The molecule has 5 heteroatoms. The number of nitrogens with zero attached hydrogens (tertiary/aromatic N) is 3. The van der Waals surface area contributed by atoms with E-state index in [1.807, 2.05) is 43.0 Å². The van der Waals surface area contributed by atoms with Gasteiger partial charge in [-0.15, -0.1) is 0 Å². The third-order valence-electron chi connectivity index (χ3n) is 3.32. The molecule has 0 saturated carbocycles. The Labute approximate surface area is 118 Å². The van der Waals surface area contributed by atoms with Crippen molar-refractivity contribution in [1.29, 1.82) is 0 Å². The first-order chi connectivity index (χ1) is 9.52. The van der Waals surface area contributed by atoms with Crippen LogP contribution >= 0.6 is 0 Å². The lowest BCUT2D eigenvalue weighted by Gasteiger charge is -2.25. The molecule has 1 aromatic heterocycles. The van der Waals surface area contributed by atoms with Crippen LogP contribution in [0.15, 0.2) is 24.3 Å². The standard InChI is InChI=1S/C15H19N3O2/c1-4-18(9-10(2)15(19)20)14-11(3)16-12-7-5-6-8-13(12)17-14/h5-8,10H,4,9H2,1-3H3,(H,19,20). The molecule has 1 aromatic carbocycles. The number of rotatable bonds is 5. The molecule has 5 nitrogen and oxygen atoms in total. The largest absolute Gasteiger partial charge is 0.481 e. The molecular weight excluding hydrogens is 254 g/mol. The molecule has 1 heterocycles. The van der Waals surface area contributed by atoms with Crippen LogP contribution in [0.4, 0.5) is 5.82 Å². The number of aliphatic carboxylic acids is 1. The van der Waals surface area contributed by atoms with Crippen molar-refractivity contribution in [3.05, 3.63) is 30.0 Å². The van der Waals surface area contributed by atoms with E-state index in [1.54, 1.807) is 6.92 Å². The molecule has 20 heavy (non-hydrogen) atoms. The zero-order valence-corrected chi connectivity index (χ0v) is 12.0. The smallest absolute Gasteiger partial charge is 0.308 e. The predicted molar refractivity (Wildman–Crippen MR) is 79.0 cm³/mol. The van der Waals surface area contributed by atoms with Crippen LogP contribution in [0.1, 0.15) is 19.5 Å². The van der Waals surface area contributed by atoms with Gasteiger partial charge in [0.05, 0.1) is 22.6 Å². The number of anilines is 1. The molecule has 2 rings (SSSR count). The molecule has 0 amide bonds. The molecule has 0 bridgehead atoms. The van der Waals surface area contributed by atoms with Gasteiger partial charge in [0.15, 0.2) is 5.82 Å². The van der Waals surface area contributed by atoms with Gasteiger partial charge in [-0.1, -0.05) is 19.1 Å². The Hall–Kier alpha value is -2.17. The molecule has 0 spiro atoms. The third-order valence-corrected chi connectivity index (χ3v) is 3.32. The first-order valence-electron chi connectivity index (χ1n) is 6.74. The molecule has 1 atom stereocenters. The van der Waals surface area contributed by atoms with Crippen molar-refractivity contribution >= 4 is 22.8 Å². The lowest BCUT2D eigenvalue weighted by Crippen LogP contribution is -2.33. The Morgan fingerprint density at radius 1 is 1.30 bits per heavy atom. The van der Waals surface area contributed by atoms with Crippen molar-refractivity contribution in [1.82, 2.24) is 9.97 Å². The number of aromatic nitrogens is 2. The molecule has 106 valence electrons. The van der Waals surface area contributed by atoms with Crippen LogP contribution in [0.5, 0.6) is 0 Å². The van der Waals surface area contributed by atoms with Gasteiger partial charge in [-0.2, -0.15) is 0 Å². The van der Waals surface area contributed by atoms with E-state index in [0.29, 0.717) is 13.1 Å². The molecule has 1 N–H and O–H groups in total. The molecule has 0 aliphatic heterocycles. The number of hydrogen-bond donors (Lipinski definition) is 1. The minimum atomic E-state index is -0.796. The summed E-state index contributed by atoms with van der Waals surface area (Å²) in [5.74, 6) is -0.475. The van der Waals surface area contributed by atoms with Crippen molar-refractivity contribution < 1.29 is 9.90 Å². The first kappa shape index (κ1) is 14.2. The SMILES string of the molecule is CCN(CC(C)C(=O)O)c1nc2ccccc2nc1C. The number of para-hydroxylation sites is 2. The highest BCUT2D eigenvalue weighted by atomic mass is 16.4. The topological polar surface area (TPSA) is 66.3 Å². The van der Waals surface area contributed by atoms with Gasteiger partial charge in [-0.3, -0.25) is 4.79 Å². The van der Waals surface area contributed by atoms with Gasteiger partial charge in [0.25, 0.3) is 0 Å². The highest BCUT2D eigenvalue weighted by molar-refractivity contribution is 5.76. The summed E-state index contributed by atoms with van der Waals surface area (Å²) in [4.78, 5) is 22.2. The summed E-state index contributed by atoms with van der Waals surface area (Å²) in [5, 5.41) is 9.05. The maximum absolute atomic E-state index is 11.0. The van der Waals surface area contributed by atoms with Crippen LogP contribution in [0.2, 0.25) is 0 Å². The fourth-order valence-corrected chi connectivity index (χ4v) is 2.15. The second kappa shape index (κ2) is 5.86. The molecule has 0 radical (unpaired) electrons. The fourth-order valence-electron chi connectivity index (χ4n) is 2.15. The van der Waals surface area contributed by atoms with E-state index < -0.39 is 11.9 Å². The van der Waals surface area contributed by atoms with Crippen LogP contribution in [0, 0.1) is 12.8 Å². The summed E-state index contributed by atoms with van der Waals surface area (Å²) in [5.41, 5.74) is 2.51. The maximum atomic E-state index is 11.0. The van der Waals surface area contributed by atoms with Crippen molar-refractivity contribution in [3.8, 4) is 0 Å². The van der Waals surface area contributed by atoms with E-state index in [2.05, 4.69) is 9.97 Å². The Morgan fingerprint density at radius 3 is 2.45 bits per heavy atom. The Balaban J connectivity index is 2.38. The molecule has 2 aromatic rings. The summed E-state index contributed by atoms with van der Waals surface area (Å²) < 4.78 is 0. The zero-order valence-electron chi connectivity index (χ0n) is 12.0. The second-order valence-electron chi connectivity index (χ2n) is 4.90. The van der Waals surface area contributed by atoms with Crippen LogP contribution in [-0.2, 0) is 4.79 Å². The fraction of sp³-hybridized carbons (Fsp3) is 0.400. The van der Waals surface area contributed by atoms with E-state index in [-0.39, 0.29) is 0 Å². The Morgan fingerprint density at radius 2 is 1.90 bits per heavy atom. The maximum Gasteiger partial charge on any atom is 0.308 e. The van der Waals surface area contributed by atoms with Gasteiger partial charge >= 0.3 is 5.97 Å². The average Bonchev–Trinajstić information content (AvgIpc) is 2.43. The number of carboxylic acids is 1. The van der Waals surface area contributed by atoms with E-state index >= 15 is 0 Å². The zero-order chi connectivity index (χ0) is 14.7. The lowest BCUT2D eigenvalue weighted by atomic mass is 10.1. The highest BCUT2D eigenvalue weighted by Gasteiger charge is 2.18. The number of carbonyl (C=O) groups is 1. The van der Waals surface area contributed by atoms with Crippen molar-refractivity contribution in [3.63, 3.8) is 0 Å². The van der Waals surface area contributed by atoms with Crippen molar-refractivity contribution in [2.75, 3.05) is 18.0 Å². The minimum Gasteiger partial charge on any atom is -0.481 e. The summed E-state index contributed by atoms with van der Waals surface area (Å²) >= 11 is 0. The molecular formula is C15H19N3O2. The minimum absolute atomic E-state index is 0.430. The number of hydrogen-bond acceptors (Lipinski definition) is 4.